The predicted molar refractivity (Wildman–Crippen MR) is 58.0 cm³/mol. The fourth-order valence-corrected chi connectivity index (χ4v) is 3.06. The molecule has 0 spiro atoms. The van der Waals surface area contributed by atoms with Gasteiger partial charge in [-0.1, -0.05) is 0 Å². The summed E-state index contributed by atoms with van der Waals surface area (Å²) in [6.07, 6.45) is 0. The van der Waals surface area contributed by atoms with Gasteiger partial charge in [-0.15, -0.1) is 0 Å². The zero-order valence-electron chi connectivity index (χ0n) is 9.16. The Morgan fingerprint density at radius 2 is 1.64 bits per heavy atom. The largest absolute Gasteiger partial charge is 0.314 e. The van der Waals surface area contributed by atoms with Gasteiger partial charge >= 0.3 is 0 Å². The van der Waals surface area contributed by atoms with Gasteiger partial charge in [-0.3, -0.25) is 4.90 Å². The van der Waals surface area contributed by atoms with Gasteiger partial charge in [0.1, 0.15) is 5.37 Å². The molecule has 0 aromatic heterocycles. The molecule has 0 saturated carbocycles. The summed E-state index contributed by atoms with van der Waals surface area (Å²) in [6.45, 7) is 8.71. The van der Waals surface area contributed by atoms with Crippen molar-refractivity contribution in [3.05, 3.63) is 0 Å². The topological polar surface area (TPSA) is 49.4 Å². The van der Waals surface area contributed by atoms with E-state index in [-0.39, 0.29) is 10.6 Å². The summed E-state index contributed by atoms with van der Waals surface area (Å²) in [5.41, 5.74) is 0. The standard InChI is InChI=1S/C9H20N2O2S/c1-8(2)14(12,13)9(3)11-6-4-10-5-7-11/h8-10H,4-7H2,1-3H3. The van der Waals surface area contributed by atoms with Crippen LogP contribution >= 0.6 is 0 Å². The van der Waals surface area contributed by atoms with Crippen molar-refractivity contribution in [1.29, 1.82) is 0 Å². The molecule has 14 heavy (non-hydrogen) atoms. The highest BCUT2D eigenvalue weighted by atomic mass is 32.2. The van der Waals surface area contributed by atoms with Gasteiger partial charge in [0.15, 0.2) is 9.84 Å². The lowest BCUT2D eigenvalue weighted by Crippen LogP contribution is -2.51. The lowest BCUT2D eigenvalue weighted by Gasteiger charge is -2.33. The molecule has 1 rings (SSSR count). The third-order valence-electron chi connectivity index (χ3n) is 2.80. The van der Waals surface area contributed by atoms with Crippen LogP contribution in [0.3, 0.4) is 0 Å². The molecule has 84 valence electrons. The van der Waals surface area contributed by atoms with E-state index < -0.39 is 9.84 Å². The van der Waals surface area contributed by atoms with Crippen molar-refractivity contribution >= 4 is 9.84 Å². The molecule has 1 aliphatic rings. The quantitative estimate of drug-likeness (QED) is 0.731. The summed E-state index contributed by atoms with van der Waals surface area (Å²) in [5, 5.41) is 2.59. The lowest BCUT2D eigenvalue weighted by atomic mass is 10.4. The van der Waals surface area contributed by atoms with Crippen LogP contribution in [0, 0.1) is 0 Å². The predicted octanol–water partition coefficient (Wildman–Crippen LogP) is 0.0608. The van der Waals surface area contributed by atoms with E-state index in [0.29, 0.717) is 0 Å². The van der Waals surface area contributed by atoms with E-state index in [0.717, 1.165) is 26.2 Å². The number of nitrogens with zero attached hydrogens (tertiary/aromatic N) is 1. The molecule has 1 heterocycles. The molecule has 1 fully saturated rings. The van der Waals surface area contributed by atoms with Gasteiger partial charge in [0.25, 0.3) is 0 Å². The number of rotatable bonds is 3. The van der Waals surface area contributed by atoms with Gasteiger partial charge in [-0.05, 0) is 20.8 Å². The monoisotopic (exact) mass is 220 g/mol. The van der Waals surface area contributed by atoms with Crippen molar-refractivity contribution in [2.75, 3.05) is 26.2 Å². The van der Waals surface area contributed by atoms with Crippen LogP contribution < -0.4 is 5.32 Å². The van der Waals surface area contributed by atoms with Crippen LogP contribution in [0.15, 0.2) is 0 Å². The zero-order valence-corrected chi connectivity index (χ0v) is 9.97. The Kier molecular flexibility index (Phi) is 3.92. The molecule has 1 unspecified atom stereocenters. The van der Waals surface area contributed by atoms with E-state index in [4.69, 9.17) is 0 Å². The molecule has 1 N–H and O–H groups in total. The Morgan fingerprint density at radius 1 is 1.14 bits per heavy atom. The summed E-state index contributed by atoms with van der Waals surface area (Å²) < 4.78 is 23.7. The Bertz CT molecular complexity index is 269. The van der Waals surface area contributed by atoms with Gasteiger partial charge in [-0.25, -0.2) is 8.42 Å². The Balaban J connectivity index is 2.68. The second-order valence-electron chi connectivity index (χ2n) is 4.02. The summed E-state index contributed by atoms with van der Waals surface area (Å²) >= 11 is 0. The molecule has 0 aliphatic carbocycles. The summed E-state index contributed by atoms with van der Waals surface area (Å²) in [5.74, 6) is 0. The van der Waals surface area contributed by atoms with E-state index in [9.17, 15) is 8.42 Å². The third kappa shape index (κ3) is 2.46. The maximum absolute atomic E-state index is 11.9. The van der Waals surface area contributed by atoms with Gasteiger partial charge in [-0.2, -0.15) is 0 Å². The fraction of sp³-hybridized carbons (Fsp3) is 1.00. The molecule has 0 radical (unpaired) electrons. The van der Waals surface area contributed by atoms with Crippen molar-refractivity contribution in [3.8, 4) is 0 Å². The summed E-state index contributed by atoms with van der Waals surface area (Å²) in [4.78, 5) is 2.03. The maximum Gasteiger partial charge on any atom is 0.168 e. The molecule has 0 aromatic carbocycles. The van der Waals surface area contributed by atoms with Crippen LogP contribution in [0.25, 0.3) is 0 Å². The average Bonchev–Trinajstić information content (AvgIpc) is 2.17. The van der Waals surface area contributed by atoms with E-state index in [2.05, 4.69) is 5.32 Å². The van der Waals surface area contributed by atoms with Crippen molar-refractivity contribution in [1.82, 2.24) is 10.2 Å². The normalized spacial score (nSPS) is 22.6. The molecule has 0 bridgehead atoms. The third-order valence-corrected chi connectivity index (χ3v) is 5.36. The fourth-order valence-electron chi connectivity index (χ4n) is 1.65. The molecular formula is C9H20N2O2S. The first-order valence-corrected chi connectivity index (χ1v) is 6.74. The van der Waals surface area contributed by atoms with Crippen molar-refractivity contribution in [2.24, 2.45) is 0 Å². The van der Waals surface area contributed by atoms with Gasteiger partial charge in [0.2, 0.25) is 0 Å². The minimum atomic E-state index is -2.98. The van der Waals surface area contributed by atoms with Gasteiger partial charge in [0, 0.05) is 26.2 Å². The van der Waals surface area contributed by atoms with Crippen molar-refractivity contribution < 1.29 is 8.42 Å². The van der Waals surface area contributed by atoms with Crippen molar-refractivity contribution in [3.63, 3.8) is 0 Å². The molecule has 1 saturated heterocycles. The first-order valence-electron chi connectivity index (χ1n) is 5.13. The number of hydrogen-bond acceptors (Lipinski definition) is 4. The number of piperazine rings is 1. The van der Waals surface area contributed by atoms with E-state index in [1.807, 2.05) is 4.90 Å². The first kappa shape index (κ1) is 11.9. The van der Waals surface area contributed by atoms with Crippen LogP contribution in [-0.4, -0.2) is 50.1 Å². The zero-order chi connectivity index (χ0) is 10.8. The van der Waals surface area contributed by atoms with Crippen LogP contribution in [0.1, 0.15) is 20.8 Å². The Morgan fingerprint density at radius 3 is 2.07 bits per heavy atom. The SMILES string of the molecule is CC(C)S(=O)(=O)C(C)N1CCNCC1. The lowest BCUT2D eigenvalue weighted by molar-refractivity contribution is 0.226. The summed E-state index contributed by atoms with van der Waals surface area (Å²) in [7, 11) is -2.98. The molecule has 4 nitrogen and oxygen atoms in total. The van der Waals surface area contributed by atoms with E-state index >= 15 is 0 Å². The molecular weight excluding hydrogens is 200 g/mol. The van der Waals surface area contributed by atoms with E-state index in [1.165, 1.54) is 0 Å². The smallest absolute Gasteiger partial charge is 0.168 e. The highest BCUT2D eigenvalue weighted by Gasteiger charge is 2.30. The minimum Gasteiger partial charge on any atom is -0.314 e. The first-order chi connectivity index (χ1) is 6.46. The van der Waals surface area contributed by atoms with Crippen LogP contribution in [-0.2, 0) is 9.84 Å². The molecule has 0 aromatic rings. The second kappa shape index (κ2) is 4.59. The highest BCUT2D eigenvalue weighted by Crippen LogP contribution is 2.13. The van der Waals surface area contributed by atoms with Crippen molar-refractivity contribution in [2.45, 2.75) is 31.4 Å². The molecule has 5 heteroatoms. The second-order valence-corrected chi connectivity index (χ2v) is 6.83. The summed E-state index contributed by atoms with van der Waals surface area (Å²) in [6, 6.07) is 0. The van der Waals surface area contributed by atoms with E-state index in [1.54, 1.807) is 20.8 Å². The van der Waals surface area contributed by atoms with Crippen LogP contribution in [0.4, 0.5) is 0 Å². The van der Waals surface area contributed by atoms with Gasteiger partial charge < -0.3 is 5.32 Å². The number of nitrogens with one attached hydrogen (secondary N) is 1. The number of sulfone groups is 1. The highest BCUT2D eigenvalue weighted by molar-refractivity contribution is 7.92. The van der Waals surface area contributed by atoms with Gasteiger partial charge in [0.05, 0.1) is 5.25 Å². The maximum atomic E-state index is 11.9. The minimum absolute atomic E-state index is 0.285. The molecule has 0 amide bonds. The Labute approximate surface area is 86.6 Å². The Hall–Kier alpha value is -0.130. The van der Waals surface area contributed by atoms with Crippen LogP contribution in [0.5, 0.6) is 0 Å². The number of hydrogen-bond donors (Lipinski definition) is 1. The van der Waals surface area contributed by atoms with Crippen LogP contribution in [0.2, 0.25) is 0 Å². The average molecular weight is 220 g/mol. The molecule has 1 aliphatic heterocycles. The molecule has 1 atom stereocenters.